The van der Waals surface area contributed by atoms with Crippen LogP contribution >= 0.6 is 11.6 Å². The number of hydrogen-bond donors (Lipinski definition) is 1. The van der Waals surface area contributed by atoms with E-state index in [1.807, 2.05) is 36.9 Å². The van der Waals surface area contributed by atoms with Crippen LogP contribution in [0, 0.1) is 6.92 Å². The van der Waals surface area contributed by atoms with Crippen molar-refractivity contribution in [3.05, 3.63) is 34.3 Å². The van der Waals surface area contributed by atoms with E-state index in [9.17, 15) is 4.79 Å². The molecule has 0 radical (unpaired) electrons. The molecule has 0 saturated heterocycles. The first-order valence-electron chi connectivity index (χ1n) is 5.22. The van der Waals surface area contributed by atoms with Gasteiger partial charge in [0.1, 0.15) is 0 Å². The molecular weight excluding hydrogens is 226 g/mol. The minimum atomic E-state index is -0.815. The van der Waals surface area contributed by atoms with E-state index in [4.69, 9.17) is 16.7 Å². The van der Waals surface area contributed by atoms with Crippen LogP contribution in [0.15, 0.2) is 18.2 Å². The molecule has 0 aliphatic rings. The normalized spacial score (nSPS) is 10.8. The maximum absolute atomic E-state index is 10.6. The fraction of sp³-hybridized carbons (Fsp3) is 0.417. The topological polar surface area (TPSA) is 40.5 Å². The van der Waals surface area contributed by atoms with E-state index in [0.717, 1.165) is 11.1 Å². The van der Waals surface area contributed by atoms with E-state index < -0.39 is 5.97 Å². The molecule has 0 bridgehead atoms. The van der Waals surface area contributed by atoms with Crippen LogP contribution in [0.2, 0.25) is 5.02 Å². The molecule has 0 spiro atoms. The standard InChI is InChI=1S/C12H16ClNO2/c1-3-14(8-12(15)16)7-10-5-4-9(2)6-11(10)13/h4-6H,3,7-8H2,1-2H3,(H,15,16). The SMILES string of the molecule is CCN(CC(=O)O)Cc1ccc(C)cc1Cl. The van der Waals surface area contributed by atoms with Gasteiger partial charge in [-0.2, -0.15) is 0 Å². The molecule has 4 heteroatoms. The number of carboxylic acid groups (broad SMARTS) is 1. The monoisotopic (exact) mass is 241 g/mol. The Balaban J connectivity index is 2.73. The second kappa shape index (κ2) is 5.87. The van der Waals surface area contributed by atoms with Gasteiger partial charge in [-0.1, -0.05) is 30.7 Å². The van der Waals surface area contributed by atoms with Crippen molar-refractivity contribution in [2.45, 2.75) is 20.4 Å². The zero-order valence-electron chi connectivity index (χ0n) is 9.53. The number of nitrogens with zero attached hydrogens (tertiary/aromatic N) is 1. The Kier molecular flexibility index (Phi) is 4.77. The maximum Gasteiger partial charge on any atom is 0.317 e. The van der Waals surface area contributed by atoms with Crippen LogP contribution in [0.25, 0.3) is 0 Å². The second-order valence-electron chi connectivity index (χ2n) is 3.79. The van der Waals surface area contributed by atoms with Gasteiger partial charge < -0.3 is 5.11 Å². The Morgan fingerprint density at radius 2 is 2.19 bits per heavy atom. The van der Waals surface area contributed by atoms with Gasteiger partial charge in [0.2, 0.25) is 0 Å². The molecule has 0 saturated carbocycles. The van der Waals surface area contributed by atoms with E-state index in [1.165, 1.54) is 0 Å². The summed E-state index contributed by atoms with van der Waals surface area (Å²) in [7, 11) is 0. The molecule has 1 aromatic rings. The van der Waals surface area contributed by atoms with Crippen molar-refractivity contribution in [3.63, 3.8) is 0 Å². The van der Waals surface area contributed by atoms with Crippen LogP contribution in [0.4, 0.5) is 0 Å². The summed E-state index contributed by atoms with van der Waals surface area (Å²) in [5, 5.41) is 9.43. The Morgan fingerprint density at radius 3 is 2.69 bits per heavy atom. The van der Waals surface area contributed by atoms with Crippen LogP contribution in [0.3, 0.4) is 0 Å². The van der Waals surface area contributed by atoms with Gasteiger partial charge in [0.25, 0.3) is 0 Å². The first-order valence-corrected chi connectivity index (χ1v) is 5.60. The lowest BCUT2D eigenvalue weighted by molar-refractivity contribution is -0.138. The third kappa shape index (κ3) is 3.83. The third-order valence-corrected chi connectivity index (χ3v) is 2.76. The maximum atomic E-state index is 10.6. The fourth-order valence-electron chi connectivity index (χ4n) is 1.49. The van der Waals surface area contributed by atoms with Crippen LogP contribution in [-0.2, 0) is 11.3 Å². The highest BCUT2D eigenvalue weighted by Gasteiger charge is 2.10. The number of carbonyl (C=O) groups is 1. The van der Waals surface area contributed by atoms with Crippen molar-refractivity contribution in [1.29, 1.82) is 0 Å². The predicted molar refractivity (Wildman–Crippen MR) is 64.8 cm³/mol. The van der Waals surface area contributed by atoms with Gasteiger partial charge in [-0.25, -0.2) is 0 Å². The number of carboxylic acids is 1. The molecule has 0 aliphatic carbocycles. The predicted octanol–water partition coefficient (Wildman–Crippen LogP) is 2.55. The number of rotatable bonds is 5. The van der Waals surface area contributed by atoms with Gasteiger partial charge in [0.15, 0.2) is 0 Å². The Morgan fingerprint density at radius 1 is 1.50 bits per heavy atom. The first-order chi connectivity index (χ1) is 7.52. The zero-order chi connectivity index (χ0) is 12.1. The summed E-state index contributed by atoms with van der Waals surface area (Å²) in [5.41, 5.74) is 2.07. The molecule has 1 N–H and O–H groups in total. The summed E-state index contributed by atoms with van der Waals surface area (Å²) in [4.78, 5) is 12.5. The lowest BCUT2D eigenvalue weighted by Gasteiger charge is -2.18. The molecule has 1 aromatic carbocycles. The summed E-state index contributed by atoms with van der Waals surface area (Å²) in [6, 6.07) is 5.82. The van der Waals surface area contributed by atoms with Crippen LogP contribution in [0.1, 0.15) is 18.1 Å². The number of hydrogen-bond acceptors (Lipinski definition) is 2. The molecule has 16 heavy (non-hydrogen) atoms. The van der Waals surface area contributed by atoms with E-state index in [1.54, 1.807) is 0 Å². The molecule has 0 atom stereocenters. The van der Waals surface area contributed by atoms with Gasteiger partial charge in [-0.05, 0) is 30.7 Å². The Hall–Kier alpha value is -1.06. The van der Waals surface area contributed by atoms with Gasteiger partial charge >= 0.3 is 5.97 Å². The van der Waals surface area contributed by atoms with Crippen molar-refractivity contribution >= 4 is 17.6 Å². The average molecular weight is 242 g/mol. The number of halogens is 1. The van der Waals surface area contributed by atoms with E-state index in [0.29, 0.717) is 18.1 Å². The highest BCUT2D eigenvalue weighted by molar-refractivity contribution is 6.31. The van der Waals surface area contributed by atoms with Gasteiger partial charge in [0, 0.05) is 11.6 Å². The Labute approximate surface area is 101 Å². The van der Waals surface area contributed by atoms with Crippen LogP contribution in [-0.4, -0.2) is 29.1 Å². The summed E-state index contributed by atoms with van der Waals surface area (Å²) in [5.74, 6) is -0.815. The number of likely N-dealkylation sites (N-methyl/N-ethyl adjacent to an activating group) is 1. The fourth-order valence-corrected chi connectivity index (χ4v) is 1.79. The zero-order valence-corrected chi connectivity index (χ0v) is 10.3. The summed E-state index contributed by atoms with van der Waals surface area (Å²) in [6.45, 7) is 5.22. The quantitative estimate of drug-likeness (QED) is 0.861. The minimum absolute atomic E-state index is 0.0424. The molecular formula is C12H16ClNO2. The molecule has 88 valence electrons. The van der Waals surface area contributed by atoms with Gasteiger partial charge in [0.05, 0.1) is 6.54 Å². The smallest absolute Gasteiger partial charge is 0.317 e. The lowest BCUT2D eigenvalue weighted by atomic mass is 10.1. The first kappa shape index (κ1) is 13.0. The number of benzene rings is 1. The van der Waals surface area contributed by atoms with Crippen molar-refractivity contribution in [3.8, 4) is 0 Å². The molecule has 0 unspecified atom stereocenters. The molecule has 1 rings (SSSR count). The van der Waals surface area contributed by atoms with Gasteiger partial charge in [-0.3, -0.25) is 9.69 Å². The average Bonchev–Trinajstić information content (AvgIpc) is 2.20. The molecule has 0 fully saturated rings. The molecule has 0 amide bonds. The molecule has 0 aromatic heterocycles. The van der Waals surface area contributed by atoms with Crippen molar-refractivity contribution in [1.82, 2.24) is 4.90 Å². The molecule has 0 aliphatic heterocycles. The van der Waals surface area contributed by atoms with Crippen LogP contribution in [0.5, 0.6) is 0 Å². The van der Waals surface area contributed by atoms with E-state index >= 15 is 0 Å². The minimum Gasteiger partial charge on any atom is -0.480 e. The van der Waals surface area contributed by atoms with Crippen molar-refractivity contribution in [2.24, 2.45) is 0 Å². The summed E-state index contributed by atoms with van der Waals surface area (Å²) < 4.78 is 0. The summed E-state index contributed by atoms with van der Waals surface area (Å²) in [6.07, 6.45) is 0. The van der Waals surface area contributed by atoms with Crippen LogP contribution < -0.4 is 0 Å². The van der Waals surface area contributed by atoms with Crippen molar-refractivity contribution < 1.29 is 9.90 Å². The summed E-state index contributed by atoms with van der Waals surface area (Å²) >= 11 is 6.09. The number of aliphatic carboxylic acids is 1. The second-order valence-corrected chi connectivity index (χ2v) is 4.20. The van der Waals surface area contributed by atoms with Gasteiger partial charge in [-0.15, -0.1) is 0 Å². The molecule has 0 heterocycles. The lowest BCUT2D eigenvalue weighted by Crippen LogP contribution is -2.29. The molecule has 3 nitrogen and oxygen atoms in total. The highest BCUT2D eigenvalue weighted by atomic mass is 35.5. The van der Waals surface area contributed by atoms with E-state index in [-0.39, 0.29) is 6.54 Å². The number of aryl methyl sites for hydroxylation is 1. The van der Waals surface area contributed by atoms with E-state index in [2.05, 4.69) is 0 Å². The highest BCUT2D eigenvalue weighted by Crippen LogP contribution is 2.19. The van der Waals surface area contributed by atoms with Crippen molar-refractivity contribution in [2.75, 3.05) is 13.1 Å². The largest absolute Gasteiger partial charge is 0.480 e. The third-order valence-electron chi connectivity index (χ3n) is 2.41. The Bertz CT molecular complexity index is 379.